The average molecular weight is 186 g/mol. The van der Waals surface area contributed by atoms with E-state index in [1.807, 2.05) is 14.8 Å². The van der Waals surface area contributed by atoms with E-state index in [2.05, 4.69) is 0 Å². The van der Waals surface area contributed by atoms with E-state index in [0.717, 1.165) is 12.7 Å². The molecule has 0 aliphatic rings. The lowest BCUT2D eigenvalue weighted by molar-refractivity contribution is -0.151. The van der Waals surface area contributed by atoms with Crippen molar-refractivity contribution in [3.8, 4) is 0 Å². The lowest BCUT2D eigenvalue weighted by atomic mass is 9.98. The van der Waals surface area contributed by atoms with Gasteiger partial charge in [-0.3, -0.25) is 9.59 Å². The highest BCUT2D eigenvalue weighted by Gasteiger charge is 2.11. The largest absolute Gasteiger partial charge is 0.481 e. The van der Waals surface area contributed by atoms with Gasteiger partial charge < -0.3 is 9.84 Å². The number of rotatable bonds is 6. The zero-order chi connectivity index (χ0) is 10.3. The Kier molecular flexibility index (Phi) is 6.01. The summed E-state index contributed by atoms with van der Waals surface area (Å²) in [4.78, 5) is 21.1. The second-order valence-corrected chi connectivity index (χ2v) is 2.82. The smallest absolute Gasteiger partial charge is 0.306 e. The Bertz CT molecular complexity index is 177. The maximum atomic E-state index is 11.0. The Hall–Kier alpha value is -0.995. The van der Waals surface area contributed by atoms with E-state index in [0.29, 0.717) is 0 Å². The third-order valence-electron chi connectivity index (χ3n) is 1.75. The molecule has 0 radical (unpaired) electrons. The van der Waals surface area contributed by atoms with Crippen molar-refractivity contribution in [3.63, 3.8) is 0 Å². The fraction of sp³-hybridized carbons (Fsp3) is 0.750. The van der Waals surface area contributed by atoms with Crippen LogP contribution in [0, 0.1) is 0 Å². The van der Waals surface area contributed by atoms with Gasteiger partial charge in [0.1, 0.15) is 7.85 Å². The minimum Gasteiger partial charge on any atom is -0.481 e. The van der Waals surface area contributed by atoms with E-state index in [1.54, 1.807) is 0 Å². The molecule has 0 aliphatic carbocycles. The molecular formula is C8H15BO4. The van der Waals surface area contributed by atoms with Crippen molar-refractivity contribution in [2.75, 3.05) is 0 Å². The summed E-state index contributed by atoms with van der Waals surface area (Å²) in [5.74, 6) is -1.39. The van der Waals surface area contributed by atoms with Crippen molar-refractivity contribution < 1.29 is 19.4 Å². The molecule has 74 valence electrons. The van der Waals surface area contributed by atoms with E-state index < -0.39 is 11.9 Å². The molecule has 0 rings (SSSR count). The van der Waals surface area contributed by atoms with Crippen LogP contribution in [0.3, 0.4) is 0 Å². The highest BCUT2D eigenvalue weighted by Crippen LogP contribution is 2.04. The number of ether oxygens (including phenoxy) is 1. The number of hydrogen-bond donors (Lipinski definition) is 1. The van der Waals surface area contributed by atoms with Crippen molar-refractivity contribution in [2.45, 2.75) is 38.6 Å². The van der Waals surface area contributed by atoms with Gasteiger partial charge in [-0.15, -0.1) is 0 Å². The first-order chi connectivity index (χ1) is 6.10. The molecule has 1 unspecified atom stereocenters. The van der Waals surface area contributed by atoms with Gasteiger partial charge in [0.25, 0.3) is 0 Å². The van der Waals surface area contributed by atoms with Crippen LogP contribution >= 0.6 is 0 Å². The molecule has 0 spiro atoms. The van der Waals surface area contributed by atoms with Crippen LogP contribution in [0.4, 0.5) is 0 Å². The second kappa shape index (κ2) is 6.51. The van der Waals surface area contributed by atoms with E-state index in [4.69, 9.17) is 9.84 Å². The van der Waals surface area contributed by atoms with E-state index in [9.17, 15) is 9.59 Å². The summed E-state index contributed by atoms with van der Waals surface area (Å²) in [6, 6.07) is 0. The first-order valence-corrected chi connectivity index (χ1v) is 4.51. The van der Waals surface area contributed by atoms with E-state index >= 15 is 0 Å². The summed E-state index contributed by atoms with van der Waals surface area (Å²) in [5, 5.41) is 8.30. The summed E-state index contributed by atoms with van der Waals surface area (Å²) in [5.41, 5.74) is 0. The topological polar surface area (TPSA) is 63.6 Å². The molecule has 0 aromatic carbocycles. The van der Waals surface area contributed by atoms with Gasteiger partial charge in [-0.25, -0.2) is 0 Å². The summed E-state index contributed by atoms with van der Waals surface area (Å²) in [7, 11) is 1.93. The summed E-state index contributed by atoms with van der Waals surface area (Å²) in [6.07, 6.45) is 1.29. The summed E-state index contributed by atoms with van der Waals surface area (Å²) >= 11 is 0. The number of carboxylic acid groups (broad SMARTS) is 1. The lowest BCUT2D eigenvalue weighted by Crippen LogP contribution is -2.17. The number of aliphatic carboxylic acids is 1. The summed E-state index contributed by atoms with van der Waals surface area (Å²) < 4.78 is 5.00. The molecule has 0 aromatic heterocycles. The molecule has 0 saturated carbocycles. The van der Waals surface area contributed by atoms with Crippen LogP contribution < -0.4 is 0 Å². The van der Waals surface area contributed by atoms with Crippen molar-refractivity contribution in [1.29, 1.82) is 0 Å². The number of hydrogen-bond acceptors (Lipinski definition) is 3. The maximum Gasteiger partial charge on any atom is 0.306 e. The predicted molar refractivity (Wildman–Crippen MR) is 50.4 cm³/mol. The van der Waals surface area contributed by atoms with E-state index in [1.165, 1.54) is 0 Å². The van der Waals surface area contributed by atoms with Gasteiger partial charge in [-0.1, -0.05) is 6.92 Å². The highest BCUT2D eigenvalue weighted by atomic mass is 16.5. The normalized spacial score (nSPS) is 12.1. The monoisotopic (exact) mass is 186 g/mol. The molecule has 5 heteroatoms. The van der Waals surface area contributed by atoms with Gasteiger partial charge in [0.15, 0.2) is 0 Å². The van der Waals surface area contributed by atoms with E-state index in [-0.39, 0.29) is 18.9 Å². The minimum atomic E-state index is -0.971. The van der Waals surface area contributed by atoms with Crippen LogP contribution in [0.25, 0.3) is 0 Å². The molecule has 13 heavy (non-hydrogen) atoms. The highest BCUT2D eigenvalue weighted by molar-refractivity contribution is 6.08. The zero-order valence-electron chi connectivity index (χ0n) is 8.08. The molecule has 1 N–H and O–H groups in total. The second-order valence-electron chi connectivity index (χ2n) is 2.82. The van der Waals surface area contributed by atoms with Gasteiger partial charge in [0, 0.05) is 0 Å². The first kappa shape index (κ1) is 12.0. The third-order valence-corrected chi connectivity index (χ3v) is 1.75. The number of carbonyl (C=O) groups excluding carboxylic acids is 1. The fourth-order valence-electron chi connectivity index (χ4n) is 0.909. The van der Waals surface area contributed by atoms with Crippen molar-refractivity contribution in [2.24, 2.45) is 0 Å². The average Bonchev–Trinajstić information content (AvgIpc) is 2.10. The Morgan fingerprint density at radius 3 is 2.46 bits per heavy atom. The maximum absolute atomic E-state index is 11.0. The fourth-order valence-corrected chi connectivity index (χ4v) is 0.909. The van der Waals surface area contributed by atoms with Gasteiger partial charge in [0.2, 0.25) is 0 Å². The SMILES string of the molecule is BCC(CC)OC(=O)CCC(=O)O. The molecule has 0 aliphatic heterocycles. The van der Waals surface area contributed by atoms with Crippen LogP contribution in [0.5, 0.6) is 0 Å². The Morgan fingerprint density at radius 1 is 1.46 bits per heavy atom. The van der Waals surface area contributed by atoms with Crippen LogP contribution in [-0.2, 0) is 14.3 Å². The molecule has 0 heterocycles. The van der Waals surface area contributed by atoms with Crippen molar-refractivity contribution in [1.82, 2.24) is 0 Å². The number of carbonyl (C=O) groups is 2. The third kappa shape index (κ3) is 6.19. The van der Waals surface area contributed by atoms with Crippen LogP contribution in [0.15, 0.2) is 0 Å². The van der Waals surface area contributed by atoms with Gasteiger partial charge in [-0.05, 0) is 12.7 Å². The Balaban J connectivity index is 3.66. The molecule has 0 saturated heterocycles. The van der Waals surface area contributed by atoms with Gasteiger partial charge in [0.05, 0.1) is 18.9 Å². The minimum absolute atomic E-state index is 0.0359. The van der Waals surface area contributed by atoms with Gasteiger partial charge >= 0.3 is 11.9 Å². The Labute approximate surface area is 78.7 Å². The molecule has 0 amide bonds. The van der Waals surface area contributed by atoms with Crippen LogP contribution in [-0.4, -0.2) is 31.0 Å². The zero-order valence-corrected chi connectivity index (χ0v) is 8.08. The Morgan fingerprint density at radius 2 is 2.08 bits per heavy atom. The molecule has 0 aromatic rings. The summed E-state index contributed by atoms with van der Waals surface area (Å²) in [6.45, 7) is 1.93. The molecule has 0 bridgehead atoms. The standard InChI is InChI=1S/C8H15BO4/c1-2-6(5-9)13-8(12)4-3-7(10)11/h6H,2-5,9H2,1H3,(H,10,11). The molecule has 0 fully saturated rings. The van der Waals surface area contributed by atoms with Crippen LogP contribution in [0.1, 0.15) is 26.2 Å². The molecular weight excluding hydrogens is 171 g/mol. The number of carboxylic acids is 1. The lowest BCUT2D eigenvalue weighted by Gasteiger charge is -2.13. The molecule has 1 atom stereocenters. The molecule has 4 nitrogen and oxygen atoms in total. The van der Waals surface area contributed by atoms with Crippen LogP contribution in [0.2, 0.25) is 6.32 Å². The number of esters is 1. The van der Waals surface area contributed by atoms with Gasteiger partial charge in [-0.2, -0.15) is 0 Å². The first-order valence-electron chi connectivity index (χ1n) is 4.51. The van der Waals surface area contributed by atoms with Crippen molar-refractivity contribution >= 4 is 19.8 Å². The van der Waals surface area contributed by atoms with Crippen molar-refractivity contribution in [3.05, 3.63) is 0 Å². The quantitative estimate of drug-likeness (QED) is 0.476. The predicted octanol–water partition coefficient (Wildman–Crippen LogP) is 0.224.